The first-order chi connectivity index (χ1) is 46.9. The lowest BCUT2D eigenvalue weighted by molar-refractivity contribution is 5.95. The normalized spacial score (nSPS) is 7.87. The van der Waals surface area contributed by atoms with Crippen LogP contribution in [0.25, 0.3) is 0 Å². The third-order valence-corrected chi connectivity index (χ3v) is 205. The predicted octanol–water partition coefficient (Wildman–Crippen LogP) is -0.226. The molecule has 0 aliphatic rings. The molecule has 0 bridgehead atoms. The highest BCUT2D eigenvalue weighted by molar-refractivity contribution is 8.87. The molecule has 0 atom stereocenters. The summed E-state index contributed by atoms with van der Waals surface area (Å²) in [7, 11) is 166. The van der Waals surface area contributed by atoms with Gasteiger partial charge >= 0.3 is 0 Å². The molecule has 0 N–H and O–H groups in total. The van der Waals surface area contributed by atoms with Gasteiger partial charge in [0.15, 0.2) is 0 Å². The van der Waals surface area contributed by atoms with Crippen LogP contribution in [0.1, 0.15) is 0 Å². The van der Waals surface area contributed by atoms with E-state index in [1.165, 1.54) is 17.8 Å². The van der Waals surface area contributed by atoms with Crippen molar-refractivity contribution in [2.75, 3.05) is 0 Å². The molecular weight excluding hydrogens is 3010 g/mol. The molecule has 564 valence electrons. The lowest BCUT2D eigenvalue weighted by Gasteiger charge is -1.41. The average molecular weight is 3010 g/mol. The second-order valence-corrected chi connectivity index (χ2v) is 169. The van der Waals surface area contributed by atoms with E-state index in [-0.39, 0.29) is 0 Å². The van der Waals surface area contributed by atoms with Gasteiger partial charge in [0.05, 0.1) is 0 Å². The zero-order chi connectivity index (χ0) is 67.1. The van der Waals surface area contributed by atoms with Crippen LogP contribution in [0, 0.1) is 0 Å². The maximum Gasteiger partial charge on any atom is 0 e. The van der Waals surface area contributed by atoms with Gasteiger partial charge < -0.3 is 0 Å². The average Bonchev–Trinajstić information content (AvgIpc) is 3.59. The van der Waals surface area contributed by atoms with Gasteiger partial charge in [-0.15, -0.1) is 0 Å². The summed E-state index contributed by atoms with van der Waals surface area (Å²) in [5.74, 6) is 0. The summed E-state index contributed by atoms with van der Waals surface area (Å²) in [5.41, 5.74) is 0. The van der Waals surface area contributed by atoms with Crippen molar-refractivity contribution in [3.05, 3.63) is 0 Å². The van der Waals surface area contributed by atoms with Gasteiger partial charge in [-0.05, 0) is 0 Å². The SMILES string of the molecule is S=S=S=S=S=S=S=S=S=S=S=S=S=S=S=S=S=S=S=S=S=S=S=S=S=S=S=S=S=S=S=S=S=S=S=S=S=S=S=S=S=S=S=S=S=S=S=S=S=S=S=S=S=S=S=S=S=S=S=S=S=S=S=S=S=S=S=S=S=S=S=S=S=S=S=S=S=S=S=S=S=S=S=S=S=S=S=S=S=S=S=S=S=S. The minimum atomic E-state index is 1.37. The van der Waals surface area contributed by atoms with Gasteiger partial charge in [0.2, 0.25) is 0 Å². The van der Waals surface area contributed by atoms with E-state index in [0.29, 0.717) is 0 Å². The van der Waals surface area contributed by atoms with Crippen LogP contribution in [0.5, 0.6) is 0 Å². The molecule has 0 saturated carbocycles. The Balaban J connectivity index is 6.17. The van der Waals surface area contributed by atoms with Crippen molar-refractivity contribution in [2.45, 2.75) is 0 Å². The quantitative estimate of drug-likeness (QED) is 0.330. The predicted molar refractivity (Wildman–Crippen MR) is 692 cm³/mol. The van der Waals surface area contributed by atoms with Crippen molar-refractivity contribution in [1.29, 1.82) is 0 Å². The van der Waals surface area contributed by atoms with Crippen LogP contribution in [0.4, 0.5) is 0 Å². The number of hydrogen-bond donors (Lipinski definition) is 0. The molecule has 0 rings (SSSR count). The highest BCUT2D eigenvalue weighted by Gasteiger charge is 1.50. The van der Waals surface area contributed by atoms with E-state index < -0.39 is 0 Å². The van der Waals surface area contributed by atoms with Gasteiger partial charge in [-0.2, -0.15) is 0 Å². The fourth-order valence-corrected chi connectivity index (χ4v) is 248. The molecule has 0 amide bonds. The third-order valence-electron chi connectivity index (χ3n) is 2.53. The molecule has 0 radical (unpaired) electrons. The number of rotatable bonds is 0. The number of hydrogen-bond acceptors (Lipinski definition) is 2. The van der Waals surface area contributed by atoms with Crippen LogP contribution in [0.2, 0.25) is 0 Å². The Hall–Kier alpha value is 20.7. The fraction of sp³-hybridized carbons (Fsp3) is 0. The van der Waals surface area contributed by atoms with Gasteiger partial charge in [0.25, 0.3) is 0 Å². The Labute approximate surface area is 812 Å². The summed E-state index contributed by atoms with van der Waals surface area (Å²) in [5, 5.41) is 0. The van der Waals surface area contributed by atoms with Gasteiger partial charge in [0, 0.05) is 839 Å². The van der Waals surface area contributed by atoms with E-state index in [2.05, 4.69) is 0 Å². The zero-order valence-electron chi connectivity index (χ0n) is 38.4. The highest BCUT2D eigenvalue weighted by atomic mass is 33.6. The third kappa shape index (κ3) is 113. The Morgan fingerprint density at radius 3 is 0.117 bits per heavy atom. The Kier molecular flexibility index (Phi) is 139. The summed E-state index contributed by atoms with van der Waals surface area (Å²) in [6.07, 6.45) is 0. The molecule has 0 aromatic heterocycles. The van der Waals surface area contributed by atoms with Gasteiger partial charge in [-0.25, -0.2) is 0 Å². The van der Waals surface area contributed by atoms with E-state index >= 15 is 0 Å². The van der Waals surface area contributed by atoms with Crippen molar-refractivity contribution >= 4 is 839 Å². The van der Waals surface area contributed by atoms with Crippen LogP contribution in [0.15, 0.2) is 0 Å². The lowest BCUT2D eigenvalue weighted by Crippen LogP contribution is -1.41. The summed E-state index contributed by atoms with van der Waals surface area (Å²) in [6, 6.07) is 0. The maximum absolute atomic E-state index is 4.83. The second kappa shape index (κ2) is 114. The van der Waals surface area contributed by atoms with E-state index in [9.17, 15) is 0 Å². The van der Waals surface area contributed by atoms with Crippen molar-refractivity contribution in [3.8, 4) is 0 Å². The van der Waals surface area contributed by atoms with Crippen LogP contribution >= 0.6 is 0 Å². The Bertz CT molecular complexity index is 6960. The largest absolute Gasteiger partial charge is 0 e. The van der Waals surface area contributed by atoms with Crippen molar-refractivity contribution in [3.63, 3.8) is 0 Å². The molecule has 0 spiro atoms. The molecule has 0 unspecified atom stereocenters. The smallest absolute Gasteiger partial charge is 0 e. The van der Waals surface area contributed by atoms with Crippen molar-refractivity contribution < 1.29 is 0 Å². The molecule has 94 heavy (non-hydrogen) atoms. The maximum atomic E-state index is 4.83. The lowest BCUT2D eigenvalue weighted by atomic mass is 30.7. The van der Waals surface area contributed by atoms with Crippen molar-refractivity contribution in [1.82, 2.24) is 0 Å². The molecule has 0 saturated heterocycles. The fourth-order valence-electron chi connectivity index (χ4n) is 1.02. The standard InChI is InChI=1S/S94/c1-3-5-7-9-11-13-15-17-19-21-23-25-27-29-31-33-35-37-39-41-43-45-47-49-51-53-55-57-59-61-63-65-67-69-71-73-75-77-79-81-83-85-87-89-91-93-94-92-90-88-86-84-82-80-78-76-74-72-70-68-66-64-62-60-58-56-54-52-50-48-46-44-42-40-38-36-34-32-30-28-26-24-22-20-18-16-14-12-10-8-6-4-2. The molecule has 0 aromatic carbocycles. The Morgan fingerprint density at radius 1 is 0.0532 bits per heavy atom. The van der Waals surface area contributed by atoms with E-state index in [4.69, 9.17) is 22.4 Å². The summed E-state index contributed by atoms with van der Waals surface area (Å²) in [4.78, 5) is 0. The van der Waals surface area contributed by atoms with Gasteiger partial charge in [0.1, 0.15) is 0 Å². The van der Waals surface area contributed by atoms with Crippen LogP contribution in [-0.4, -0.2) is 0 Å². The zero-order valence-corrected chi connectivity index (χ0v) is 115. The minimum Gasteiger partial charge on any atom is 0 e. The first-order valence-electron chi connectivity index (χ1n) is 15.5. The summed E-state index contributed by atoms with van der Waals surface area (Å²) < 4.78 is 0. The Morgan fingerprint density at radius 2 is 0.0851 bits per heavy atom. The van der Waals surface area contributed by atoms with E-state index in [1.807, 2.05) is 693 Å². The monoisotopic (exact) mass is 3010 g/mol. The summed E-state index contributed by atoms with van der Waals surface area (Å²) in [6.45, 7) is 0. The highest BCUT2D eigenvalue weighted by Crippen LogP contribution is 1.50. The molecular formula is S94. The van der Waals surface area contributed by atoms with Crippen LogP contribution < -0.4 is 0 Å². The molecule has 0 aliphatic heterocycles. The molecule has 0 aromatic rings. The summed E-state index contributed by atoms with van der Waals surface area (Å²) >= 11 is 9.66. The van der Waals surface area contributed by atoms with Crippen LogP contribution in [-0.2, 0) is 839 Å². The topological polar surface area (TPSA) is 0 Å². The van der Waals surface area contributed by atoms with Gasteiger partial charge in [-0.3, -0.25) is 0 Å². The molecule has 0 nitrogen and oxygen atoms in total. The van der Waals surface area contributed by atoms with Crippen molar-refractivity contribution in [2.24, 2.45) is 0 Å². The van der Waals surface area contributed by atoms with E-state index in [1.54, 1.807) is 107 Å². The van der Waals surface area contributed by atoms with Gasteiger partial charge in [-0.1, -0.05) is 0 Å². The molecule has 0 aliphatic carbocycles. The second-order valence-electron chi connectivity index (χ2n) is 6.26. The molecule has 0 heterocycles. The molecule has 94 heteroatoms. The first-order valence-corrected chi connectivity index (χ1v) is 139. The first kappa shape index (κ1) is 115. The minimum absolute atomic E-state index is 1.37. The van der Waals surface area contributed by atoms with E-state index in [0.717, 1.165) is 0 Å². The molecule has 0 fully saturated rings. The van der Waals surface area contributed by atoms with Crippen LogP contribution in [0.3, 0.4) is 0 Å².